The Kier molecular flexibility index (Phi) is 3.11. The zero-order chi connectivity index (χ0) is 14.3. The Morgan fingerprint density at radius 2 is 1.67 bits per heavy atom. The molecule has 0 fully saturated rings. The summed E-state index contributed by atoms with van der Waals surface area (Å²) in [6.07, 6.45) is 8.27. The summed E-state index contributed by atoms with van der Waals surface area (Å²) < 4.78 is 0. The van der Waals surface area contributed by atoms with E-state index in [1.165, 1.54) is 48.8 Å². The smallest absolute Gasteiger partial charge is 0.0453 e. The maximum absolute atomic E-state index is 6.85. The standard InChI is InChI=1S/C20H23N/c21-20(12-4-8-17-5-1-2-9-19(17)20)14-15-10-11-16-6-3-7-18(16)13-15/h1-2,5,9-11,13H,3-4,6-8,12,14,21H2. The summed E-state index contributed by atoms with van der Waals surface area (Å²) in [5, 5.41) is 0. The molecule has 1 nitrogen and oxygen atoms in total. The number of hydrogen-bond donors (Lipinski definition) is 1. The van der Waals surface area contributed by atoms with Crippen molar-refractivity contribution in [2.24, 2.45) is 5.73 Å². The topological polar surface area (TPSA) is 26.0 Å². The minimum atomic E-state index is -0.179. The normalized spacial score (nSPS) is 23.7. The van der Waals surface area contributed by atoms with Gasteiger partial charge in [0.05, 0.1) is 0 Å². The van der Waals surface area contributed by atoms with Gasteiger partial charge in [0.15, 0.2) is 0 Å². The third-order valence-corrected chi connectivity index (χ3v) is 5.31. The van der Waals surface area contributed by atoms with E-state index < -0.39 is 0 Å². The molecule has 1 atom stereocenters. The van der Waals surface area contributed by atoms with E-state index in [0.717, 1.165) is 12.8 Å². The van der Waals surface area contributed by atoms with Crippen LogP contribution in [0.3, 0.4) is 0 Å². The highest BCUT2D eigenvalue weighted by molar-refractivity contribution is 5.40. The van der Waals surface area contributed by atoms with Gasteiger partial charge in [-0.1, -0.05) is 42.5 Å². The summed E-state index contributed by atoms with van der Waals surface area (Å²) in [6.45, 7) is 0. The first kappa shape index (κ1) is 13.1. The van der Waals surface area contributed by atoms with Gasteiger partial charge in [0.25, 0.3) is 0 Å². The number of hydrogen-bond acceptors (Lipinski definition) is 1. The lowest BCUT2D eigenvalue weighted by Gasteiger charge is -2.36. The highest BCUT2D eigenvalue weighted by atomic mass is 14.7. The van der Waals surface area contributed by atoms with Gasteiger partial charge in [-0.25, -0.2) is 0 Å². The lowest BCUT2D eigenvalue weighted by molar-refractivity contribution is 0.369. The SMILES string of the molecule is NC1(Cc2ccc3c(c2)CCC3)CCCc2ccccc21. The third kappa shape index (κ3) is 2.30. The van der Waals surface area contributed by atoms with Crippen LogP contribution in [0, 0.1) is 0 Å². The van der Waals surface area contributed by atoms with Crippen molar-refractivity contribution >= 4 is 0 Å². The van der Waals surface area contributed by atoms with Crippen molar-refractivity contribution in [3.63, 3.8) is 0 Å². The molecule has 0 bridgehead atoms. The highest BCUT2D eigenvalue weighted by Crippen LogP contribution is 2.36. The Balaban J connectivity index is 1.68. The molecule has 2 aromatic carbocycles. The van der Waals surface area contributed by atoms with Crippen molar-refractivity contribution in [2.45, 2.75) is 50.5 Å². The van der Waals surface area contributed by atoms with Crippen molar-refractivity contribution < 1.29 is 0 Å². The van der Waals surface area contributed by atoms with Gasteiger partial charge < -0.3 is 5.73 Å². The second-order valence-electron chi connectivity index (χ2n) is 6.80. The molecule has 0 aromatic heterocycles. The second kappa shape index (κ2) is 4.99. The van der Waals surface area contributed by atoms with Gasteiger partial charge in [-0.2, -0.15) is 0 Å². The van der Waals surface area contributed by atoms with Crippen LogP contribution in [0.25, 0.3) is 0 Å². The van der Waals surface area contributed by atoms with E-state index >= 15 is 0 Å². The first-order valence-corrected chi connectivity index (χ1v) is 8.23. The van der Waals surface area contributed by atoms with Crippen LogP contribution in [0.1, 0.15) is 47.1 Å². The summed E-state index contributed by atoms with van der Waals surface area (Å²) in [5.41, 5.74) is 14.0. The first-order valence-electron chi connectivity index (χ1n) is 8.23. The van der Waals surface area contributed by atoms with Gasteiger partial charge >= 0.3 is 0 Å². The second-order valence-corrected chi connectivity index (χ2v) is 6.80. The van der Waals surface area contributed by atoms with Crippen molar-refractivity contribution in [2.75, 3.05) is 0 Å². The highest BCUT2D eigenvalue weighted by Gasteiger charge is 2.32. The Morgan fingerprint density at radius 3 is 2.62 bits per heavy atom. The summed E-state index contributed by atoms with van der Waals surface area (Å²) in [6, 6.07) is 15.8. The summed E-state index contributed by atoms with van der Waals surface area (Å²) in [5.74, 6) is 0. The Bertz CT molecular complexity index is 673. The van der Waals surface area contributed by atoms with E-state index in [1.54, 1.807) is 11.1 Å². The fourth-order valence-electron chi connectivity index (χ4n) is 4.24. The van der Waals surface area contributed by atoms with E-state index in [4.69, 9.17) is 5.73 Å². The predicted octanol–water partition coefficient (Wildman–Crippen LogP) is 3.91. The van der Waals surface area contributed by atoms with Crippen molar-refractivity contribution in [3.05, 3.63) is 70.3 Å². The minimum absolute atomic E-state index is 0.179. The molecule has 1 unspecified atom stereocenters. The molecule has 0 radical (unpaired) electrons. The molecule has 0 saturated carbocycles. The van der Waals surface area contributed by atoms with Crippen LogP contribution >= 0.6 is 0 Å². The Hall–Kier alpha value is -1.60. The van der Waals surface area contributed by atoms with Gasteiger partial charge in [-0.05, 0) is 72.8 Å². The van der Waals surface area contributed by atoms with Gasteiger partial charge in [-0.15, -0.1) is 0 Å². The zero-order valence-electron chi connectivity index (χ0n) is 12.6. The summed E-state index contributed by atoms with van der Waals surface area (Å²) >= 11 is 0. The van der Waals surface area contributed by atoms with Crippen molar-refractivity contribution in [1.82, 2.24) is 0 Å². The molecule has 0 heterocycles. The molecule has 108 valence electrons. The number of fused-ring (bicyclic) bond motifs is 2. The average molecular weight is 277 g/mol. The Morgan fingerprint density at radius 1 is 0.857 bits per heavy atom. The molecule has 1 heteroatoms. The van der Waals surface area contributed by atoms with Gasteiger partial charge in [-0.3, -0.25) is 0 Å². The van der Waals surface area contributed by atoms with Gasteiger partial charge in [0.1, 0.15) is 0 Å². The van der Waals surface area contributed by atoms with Crippen LogP contribution in [-0.4, -0.2) is 0 Å². The molecule has 0 aliphatic heterocycles. The molecular weight excluding hydrogens is 254 g/mol. The molecule has 0 amide bonds. The van der Waals surface area contributed by atoms with Crippen LogP contribution in [0.2, 0.25) is 0 Å². The minimum Gasteiger partial charge on any atom is -0.321 e. The van der Waals surface area contributed by atoms with Gasteiger partial charge in [0, 0.05) is 5.54 Å². The fourth-order valence-corrected chi connectivity index (χ4v) is 4.24. The van der Waals surface area contributed by atoms with Crippen molar-refractivity contribution in [1.29, 1.82) is 0 Å². The molecule has 2 aliphatic rings. The zero-order valence-corrected chi connectivity index (χ0v) is 12.6. The molecule has 0 spiro atoms. The Labute approximate surface area is 127 Å². The fraction of sp³-hybridized carbons (Fsp3) is 0.400. The molecule has 2 N–H and O–H groups in total. The van der Waals surface area contributed by atoms with Gasteiger partial charge in [0.2, 0.25) is 0 Å². The summed E-state index contributed by atoms with van der Waals surface area (Å²) in [7, 11) is 0. The molecule has 2 aliphatic carbocycles. The predicted molar refractivity (Wildman–Crippen MR) is 87.4 cm³/mol. The van der Waals surface area contributed by atoms with E-state index in [-0.39, 0.29) is 5.54 Å². The lowest BCUT2D eigenvalue weighted by atomic mass is 9.74. The molecule has 21 heavy (non-hydrogen) atoms. The van der Waals surface area contributed by atoms with E-state index in [0.29, 0.717) is 0 Å². The number of nitrogens with two attached hydrogens (primary N) is 1. The quantitative estimate of drug-likeness (QED) is 0.885. The molecule has 2 aromatic rings. The van der Waals surface area contributed by atoms with E-state index in [2.05, 4.69) is 42.5 Å². The lowest BCUT2D eigenvalue weighted by Crippen LogP contribution is -2.42. The number of rotatable bonds is 2. The summed E-state index contributed by atoms with van der Waals surface area (Å²) in [4.78, 5) is 0. The molecule has 0 saturated heterocycles. The first-order chi connectivity index (χ1) is 10.2. The number of benzene rings is 2. The largest absolute Gasteiger partial charge is 0.321 e. The number of aryl methyl sites for hydroxylation is 3. The van der Waals surface area contributed by atoms with Crippen LogP contribution in [0.15, 0.2) is 42.5 Å². The molecular formula is C20H23N. The monoisotopic (exact) mass is 277 g/mol. The van der Waals surface area contributed by atoms with Crippen LogP contribution in [0.4, 0.5) is 0 Å². The van der Waals surface area contributed by atoms with E-state index in [9.17, 15) is 0 Å². The maximum atomic E-state index is 6.85. The van der Waals surface area contributed by atoms with Crippen molar-refractivity contribution in [3.8, 4) is 0 Å². The van der Waals surface area contributed by atoms with Crippen LogP contribution < -0.4 is 5.73 Å². The third-order valence-electron chi connectivity index (χ3n) is 5.31. The van der Waals surface area contributed by atoms with E-state index in [1.807, 2.05) is 0 Å². The molecule has 4 rings (SSSR count). The average Bonchev–Trinajstić information content (AvgIpc) is 2.95. The van der Waals surface area contributed by atoms with Crippen LogP contribution in [-0.2, 0) is 31.2 Å². The van der Waals surface area contributed by atoms with Crippen LogP contribution in [0.5, 0.6) is 0 Å². The maximum Gasteiger partial charge on any atom is 0.0453 e.